The predicted octanol–water partition coefficient (Wildman–Crippen LogP) is 2.56. The van der Waals surface area contributed by atoms with E-state index in [1.54, 1.807) is 23.6 Å². The lowest BCUT2D eigenvalue weighted by molar-refractivity contribution is -0.115. The van der Waals surface area contributed by atoms with Crippen molar-refractivity contribution in [2.45, 2.75) is 6.42 Å². The molecule has 2 rings (SSSR count). The van der Waals surface area contributed by atoms with Crippen molar-refractivity contribution < 1.29 is 4.79 Å². The molecule has 88 valence electrons. The summed E-state index contributed by atoms with van der Waals surface area (Å²) in [5, 5.41) is 5.46. The highest BCUT2D eigenvalue weighted by atomic mass is 35.5. The van der Waals surface area contributed by atoms with Crippen LogP contribution in [0.5, 0.6) is 0 Å². The summed E-state index contributed by atoms with van der Waals surface area (Å²) in [6.45, 7) is 0. The highest BCUT2D eigenvalue weighted by Crippen LogP contribution is 2.20. The van der Waals surface area contributed by atoms with E-state index >= 15 is 0 Å². The number of rotatable bonds is 3. The van der Waals surface area contributed by atoms with Gasteiger partial charge in [-0.3, -0.25) is 4.79 Å². The molecule has 3 N–H and O–H groups in total. The van der Waals surface area contributed by atoms with E-state index in [0.717, 1.165) is 0 Å². The molecule has 0 atom stereocenters. The first kappa shape index (κ1) is 11.9. The molecule has 1 aromatic heterocycles. The van der Waals surface area contributed by atoms with Crippen molar-refractivity contribution in [1.29, 1.82) is 0 Å². The zero-order chi connectivity index (χ0) is 12.3. The van der Waals surface area contributed by atoms with E-state index in [9.17, 15) is 4.79 Å². The van der Waals surface area contributed by atoms with Gasteiger partial charge >= 0.3 is 0 Å². The molecule has 0 aliphatic rings. The molecule has 17 heavy (non-hydrogen) atoms. The van der Waals surface area contributed by atoms with Crippen molar-refractivity contribution in [3.8, 4) is 0 Å². The SMILES string of the molecule is Nc1nc(CC(=O)Nc2ccccc2Cl)cs1. The van der Waals surface area contributed by atoms with Crippen LogP contribution < -0.4 is 11.1 Å². The van der Waals surface area contributed by atoms with Gasteiger partial charge in [0.2, 0.25) is 5.91 Å². The fourth-order valence-corrected chi connectivity index (χ4v) is 2.07. The lowest BCUT2D eigenvalue weighted by Crippen LogP contribution is -2.14. The van der Waals surface area contributed by atoms with Crippen molar-refractivity contribution in [1.82, 2.24) is 4.98 Å². The number of carbonyl (C=O) groups excluding carboxylic acids is 1. The van der Waals surface area contributed by atoms with Crippen LogP contribution in [0.4, 0.5) is 10.8 Å². The topological polar surface area (TPSA) is 68.0 Å². The van der Waals surface area contributed by atoms with Crippen molar-refractivity contribution in [2.75, 3.05) is 11.1 Å². The van der Waals surface area contributed by atoms with Gasteiger partial charge in [0.25, 0.3) is 0 Å². The van der Waals surface area contributed by atoms with E-state index < -0.39 is 0 Å². The molecular weight excluding hydrogens is 258 g/mol. The molecule has 2 aromatic rings. The maximum absolute atomic E-state index is 11.7. The van der Waals surface area contributed by atoms with Gasteiger partial charge in [0.05, 0.1) is 22.8 Å². The maximum Gasteiger partial charge on any atom is 0.230 e. The average Bonchev–Trinajstić information content (AvgIpc) is 2.67. The number of aromatic nitrogens is 1. The van der Waals surface area contributed by atoms with Crippen LogP contribution >= 0.6 is 22.9 Å². The number of hydrogen-bond acceptors (Lipinski definition) is 4. The number of amides is 1. The second-order valence-corrected chi connectivity index (χ2v) is 4.68. The summed E-state index contributed by atoms with van der Waals surface area (Å²) in [5.41, 5.74) is 6.75. The number of carbonyl (C=O) groups is 1. The summed E-state index contributed by atoms with van der Waals surface area (Å²) in [5.74, 6) is -0.164. The Balaban J connectivity index is 2.01. The van der Waals surface area contributed by atoms with Gasteiger partial charge in [0, 0.05) is 5.38 Å². The van der Waals surface area contributed by atoms with Gasteiger partial charge in [-0.15, -0.1) is 11.3 Å². The number of hydrogen-bond donors (Lipinski definition) is 2. The first-order valence-corrected chi connectivity index (χ1v) is 6.15. The van der Waals surface area contributed by atoms with Crippen molar-refractivity contribution >= 4 is 39.7 Å². The standard InChI is InChI=1S/C11H10ClN3OS/c12-8-3-1-2-4-9(8)15-10(16)5-7-6-17-11(13)14-7/h1-4,6H,5H2,(H2,13,14)(H,15,16). The summed E-state index contributed by atoms with van der Waals surface area (Å²) in [6.07, 6.45) is 0.193. The molecule has 0 aliphatic heterocycles. The van der Waals surface area contributed by atoms with E-state index in [-0.39, 0.29) is 12.3 Å². The molecule has 0 spiro atoms. The van der Waals surface area contributed by atoms with Crippen molar-refractivity contribution in [3.63, 3.8) is 0 Å². The Labute approximate surface area is 107 Å². The fourth-order valence-electron chi connectivity index (χ4n) is 1.33. The van der Waals surface area contributed by atoms with E-state index in [2.05, 4.69) is 10.3 Å². The van der Waals surface area contributed by atoms with Crippen LogP contribution in [-0.4, -0.2) is 10.9 Å². The number of nitrogens with zero attached hydrogens (tertiary/aromatic N) is 1. The fraction of sp³-hybridized carbons (Fsp3) is 0.0909. The first-order chi connectivity index (χ1) is 8.15. The van der Waals surface area contributed by atoms with Crippen LogP contribution in [0.2, 0.25) is 5.02 Å². The van der Waals surface area contributed by atoms with E-state index in [1.165, 1.54) is 11.3 Å². The molecule has 0 bridgehead atoms. The molecule has 0 radical (unpaired) electrons. The van der Waals surface area contributed by atoms with Crippen LogP contribution in [0.25, 0.3) is 0 Å². The second kappa shape index (κ2) is 5.16. The molecule has 6 heteroatoms. The second-order valence-electron chi connectivity index (χ2n) is 3.38. The summed E-state index contributed by atoms with van der Waals surface area (Å²) >= 11 is 7.24. The molecule has 0 aliphatic carbocycles. The minimum atomic E-state index is -0.164. The highest BCUT2D eigenvalue weighted by molar-refractivity contribution is 7.13. The number of benzene rings is 1. The number of nitrogen functional groups attached to an aromatic ring is 1. The number of nitrogens with two attached hydrogens (primary N) is 1. The zero-order valence-corrected chi connectivity index (χ0v) is 10.4. The predicted molar refractivity (Wildman–Crippen MR) is 70.3 cm³/mol. The van der Waals surface area contributed by atoms with Gasteiger partial charge < -0.3 is 11.1 Å². The molecule has 1 aromatic carbocycles. The lowest BCUT2D eigenvalue weighted by atomic mass is 10.3. The molecule has 0 saturated heterocycles. The Morgan fingerprint density at radius 1 is 1.47 bits per heavy atom. The normalized spacial score (nSPS) is 10.2. The van der Waals surface area contributed by atoms with Gasteiger partial charge in [-0.05, 0) is 12.1 Å². The Bertz CT molecular complexity index is 541. The monoisotopic (exact) mass is 267 g/mol. The van der Waals surface area contributed by atoms with Crippen LogP contribution in [0, 0.1) is 0 Å². The van der Waals surface area contributed by atoms with Gasteiger partial charge in [-0.2, -0.15) is 0 Å². The van der Waals surface area contributed by atoms with E-state index in [0.29, 0.717) is 21.5 Å². The Hall–Kier alpha value is -1.59. The maximum atomic E-state index is 11.7. The molecule has 0 saturated carbocycles. The summed E-state index contributed by atoms with van der Waals surface area (Å²) < 4.78 is 0. The van der Waals surface area contributed by atoms with E-state index in [4.69, 9.17) is 17.3 Å². The van der Waals surface area contributed by atoms with Gasteiger partial charge in [-0.1, -0.05) is 23.7 Å². The first-order valence-electron chi connectivity index (χ1n) is 4.89. The Kier molecular flexibility index (Phi) is 3.61. The third-order valence-corrected chi connectivity index (χ3v) is 3.11. The minimum absolute atomic E-state index is 0.164. The van der Waals surface area contributed by atoms with Crippen LogP contribution in [0.3, 0.4) is 0 Å². The molecule has 1 amide bonds. The van der Waals surface area contributed by atoms with Crippen molar-refractivity contribution in [3.05, 3.63) is 40.4 Å². The van der Waals surface area contributed by atoms with Crippen LogP contribution in [-0.2, 0) is 11.2 Å². The zero-order valence-electron chi connectivity index (χ0n) is 8.81. The number of halogens is 1. The largest absolute Gasteiger partial charge is 0.375 e. The van der Waals surface area contributed by atoms with Gasteiger partial charge in [-0.25, -0.2) is 4.98 Å². The van der Waals surface area contributed by atoms with Crippen molar-refractivity contribution in [2.24, 2.45) is 0 Å². The number of para-hydroxylation sites is 1. The van der Waals surface area contributed by atoms with Crippen LogP contribution in [0.1, 0.15) is 5.69 Å². The summed E-state index contributed by atoms with van der Waals surface area (Å²) in [7, 11) is 0. The van der Waals surface area contributed by atoms with E-state index in [1.807, 2.05) is 6.07 Å². The van der Waals surface area contributed by atoms with Crippen LogP contribution in [0.15, 0.2) is 29.6 Å². The average molecular weight is 268 g/mol. The summed E-state index contributed by atoms with van der Waals surface area (Å²) in [4.78, 5) is 15.7. The lowest BCUT2D eigenvalue weighted by Gasteiger charge is -2.05. The quantitative estimate of drug-likeness (QED) is 0.898. The minimum Gasteiger partial charge on any atom is -0.375 e. The van der Waals surface area contributed by atoms with Gasteiger partial charge in [0.15, 0.2) is 5.13 Å². The molecule has 1 heterocycles. The Morgan fingerprint density at radius 2 is 2.24 bits per heavy atom. The smallest absolute Gasteiger partial charge is 0.230 e. The highest BCUT2D eigenvalue weighted by Gasteiger charge is 2.08. The molecular formula is C11H10ClN3OS. The van der Waals surface area contributed by atoms with Gasteiger partial charge in [0.1, 0.15) is 0 Å². The third kappa shape index (κ3) is 3.18. The molecule has 4 nitrogen and oxygen atoms in total. The third-order valence-electron chi connectivity index (χ3n) is 2.06. The molecule has 0 unspecified atom stereocenters. The number of nitrogens with one attached hydrogen (secondary N) is 1. The number of anilines is 2. The summed E-state index contributed by atoms with van der Waals surface area (Å²) in [6, 6.07) is 7.08. The molecule has 0 fully saturated rings. The Morgan fingerprint density at radius 3 is 2.88 bits per heavy atom. The number of thiazole rings is 1.